The van der Waals surface area contributed by atoms with Gasteiger partial charge in [-0.25, -0.2) is 4.79 Å². The van der Waals surface area contributed by atoms with E-state index < -0.39 is 72.5 Å². The van der Waals surface area contributed by atoms with Crippen LogP contribution in [-0.2, 0) is 28.8 Å². The summed E-state index contributed by atoms with van der Waals surface area (Å²) in [5, 5.41) is 15.9. The second-order valence-corrected chi connectivity index (χ2v) is 7.78. The lowest BCUT2D eigenvalue weighted by molar-refractivity contribution is -0.141. The highest BCUT2D eigenvalue weighted by atomic mass is 32.2. The molecule has 0 aliphatic carbocycles. The summed E-state index contributed by atoms with van der Waals surface area (Å²) in [5.41, 5.74) is 15.6. The van der Waals surface area contributed by atoms with Crippen LogP contribution in [0, 0.1) is 0 Å². The van der Waals surface area contributed by atoms with Gasteiger partial charge in [0, 0.05) is 5.75 Å². The molecule has 0 aromatic rings. The number of thiol groups is 1. The summed E-state index contributed by atoms with van der Waals surface area (Å²) in [5.74, 6) is -5.43. The first-order valence-corrected chi connectivity index (χ1v) is 11.0. The van der Waals surface area contributed by atoms with Gasteiger partial charge < -0.3 is 38.3 Å². The van der Waals surface area contributed by atoms with Gasteiger partial charge in [0.25, 0.3) is 0 Å². The van der Waals surface area contributed by atoms with Crippen LogP contribution < -0.4 is 33.2 Å². The fourth-order valence-electron chi connectivity index (χ4n) is 2.23. The smallest absolute Gasteiger partial charge is 0.327 e. The first-order chi connectivity index (χ1) is 14.4. The molecular formula is C16H28N6O7S2. The molecule has 0 bridgehead atoms. The average molecular weight is 481 g/mol. The van der Waals surface area contributed by atoms with Crippen LogP contribution >= 0.6 is 24.4 Å². The second kappa shape index (κ2) is 14.5. The highest BCUT2D eigenvalue weighted by Gasteiger charge is 2.30. The van der Waals surface area contributed by atoms with Crippen LogP contribution in [0.3, 0.4) is 0 Å². The van der Waals surface area contributed by atoms with Crippen LogP contribution in [0.25, 0.3) is 0 Å². The van der Waals surface area contributed by atoms with Crippen molar-refractivity contribution in [2.45, 2.75) is 43.4 Å². The number of rotatable bonds is 15. The van der Waals surface area contributed by atoms with Crippen LogP contribution in [0.4, 0.5) is 0 Å². The van der Waals surface area contributed by atoms with E-state index in [4.69, 9.17) is 22.3 Å². The zero-order valence-corrected chi connectivity index (χ0v) is 18.5. The van der Waals surface area contributed by atoms with Crippen LogP contribution in [0.5, 0.6) is 0 Å². The molecule has 0 rings (SSSR count). The Labute approximate surface area is 188 Å². The van der Waals surface area contributed by atoms with Crippen LogP contribution in [0.2, 0.25) is 0 Å². The predicted octanol–water partition coefficient (Wildman–Crippen LogP) is -3.71. The lowest BCUT2D eigenvalue weighted by atomic mass is 10.1. The van der Waals surface area contributed by atoms with Gasteiger partial charge in [0.05, 0.1) is 18.9 Å². The lowest BCUT2D eigenvalue weighted by Crippen LogP contribution is -2.58. The molecule has 0 aromatic carbocycles. The highest BCUT2D eigenvalue weighted by molar-refractivity contribution is 7.98. The summed E-state index contributed by atoms with van der Waals surface area (Å²) in [7, 11) is 0. The molecule has 0 aliphatic rings. The Morgan fingerprint density at radius 2 is 1.35 bits per heavy atom. The van der Waals surface area contributed by atoms with E-state index in [0.29, 0.717) is 5.75 Å². The van der Waals surface area contributed by atoms with Gasteiger partial charge in [-0.05, 0) is 18.4 Å². The molecule has 4 unspecified atom stereocenters. The maximum Gasteiger partial charge on any atom is 0.327 e. The third kappa shape index (κ3) is 11.4. The minimum absolute atomic E-state index is 0.135. The van der Waals surface area contributed by atoms with E-state index in [-0.39, 0.29) is 12.2 Å². The summed E-state index contributed by atoms with van der Waals surface area (Å²) >= 11 is 5.24. The van der Waals surface area contributed by atoms with Crippen molar-refractivity contribution >= 4 is 59.9 Å². The van der Waals surface area contributed by atoms with Gasteiger partial charge in [-0.1, -0.05) is 0 Å². The third-order valence-corrected chi connectivity index (χ3v) is 4.85. The molecule has 0 fully saturated rings. The number of carbonyl (C=O) groups excluding carboxylic acids is 5. The number of aliphatic carboxylic acids is 1. The van der Waals surface area contributed by atoms with E-state index in [9.17, 15) is 28.8 Å². The quantitative estimate of drug-likeness (QED) is 0.107. The second-order valence-electron chi connectivity index (χ2n) is 6.43. The number of carboxylic acids is 1. The van der Waals surface area contributed by atoms with Gasteiger partial charge in [0.15, 0.2) is 0 Å². The van der Waals surface area contributed by atoms with Crippen molar-refractivity contribution in [2.75, 3.05) is 17.8 Å². The average Bonchev–Trinajstić information content (AvgIpc) is 2.66. The molecular weight excluding hydrogens is 452 g/mol. The Kier molecular flexibility index (Phi) is 13.3. The molecule has 5 amide bonds. The molecule has 31 heavy (non-hydrogen) atoms. The number of hydrogen-bond donors (Lipinski definition) is 8. The molecule has 10 N–H and O–H groups in total. The fourth-order valence-corrected chi connectivity index (χ4v) is 2.95. The van der Waals surface area contributed by atoms with E-state index in [1.165, 1.54) is 11.8 Å². The van der Waals surface area contributed by atoms with Crippen molar-refractivity contribution in [3.8, 4) is 0 Å². The van der Waals surface area contributed by atoms with Crippen LogP contribution in [-0.4, -0.2) is 82.5 Å². The Balaban J connectivity index is 5.40. The van der Waals surface area contributed by atoms with Gasteiger partial charge >= 0.3 is 5.97 Å². The maximum absolute atomic E-state index is 12.6. The van der Waals surface area contributed by atoms with E-state index in [1.807, 2.05) is 0 Å². The number of primary amides is 2. The Hall–Kier alpha value is -2.52. The number of amides is 5. The Morgan fingerprint density at radius 3 is 1.81 bits per heavy atom. The minimum Gasteiger partial charge on any atom is -0.480 e. The third-order valence-electron chi connectivity index (χ3n) is 3.84. The summed E-state index contributed by atoms with van der Waals surface area (Å²) < 4.78 is 0. The van der Waals surface area contributed by atoms with Gasteiger partial charge in [-0.2, -0.15) is 24.4 Å². The fraction of sp³-hybridized carbons (Fsp3) is 0.625. The summed E-state index contributed by atoms with van der Waals surface area (Å²) in [6.45, 7) is 0. The lowest BCUT2D eigenvalue weighted by Gasteiger charge is -2.24. The van der Waals surface area contributed by atoms with E-state index in [1.54, 1.807) is 6.26 Å². The van der Waals surface area contributed by atoms with Gasteiger partial charge in [0.1, 0.15) is 18.1 Å². The molecule has 176 valence electrons. The number of carbonyl (C=O) groups is 6. The molecule has 0 saturated heterocycles. The van der Waals surface area contributed by atoms with Crippen molar-refractivity contribution in [1.29, 1.82) is 0 Å². The topological polar surface area (TPSA) is 237 Å². The minimum atomic E-state index is -1.48. The molecule has 4 atom stereocenters. The Bertz CT molecular complexity index is 693. The number of nitrogens with two attached hydrogens (primary N) is 3. The molecule has 0 aromatic heterocycles. The number of thioether (sulfide) groups is 1. The van der Waals surface area contributed by atoms with E-state index in [0.717, 1.165) is 0 Å². The SMILES string of the molecule is CSCCC(NC(=O)C(CC(N)=O)NC(=O)C(N)CC(N)=O)C(=O)NC(CS)C(=O)O. The molecule has 15 heteroatoms. The molecule has 0 heterocycles. The van der Waals surface area contributed by atoms with Crippen molar-refractivity contribution in [1.82, 2.24) is 16.0 Å². The van der Waals surface area contributed by atoms with Crippen molar-refractivity contribution in [3.63, 3.8) is 0 Å². The van der Waals surface area contributed by atoms with Gasteiger partial charge in [0.2, 0.25) is 29.5 Å². The molecule has 0 aliphatic heterocycles. The van der Waals surface area contributed by atoms with E-state index in [2.05, 4.69) is 28.6 Å². The Morgan fingerprint density at radius 1 is 0.871 bits per heavy atom. The zero-order chi connectivity index (χ0) is 24.1. The molecule has 0 spiro atoms. The van der Waals surface area contributed by atoms with Crippen molar-refractivity contribution in [2.24, 2.45) is 17.2 Å². The molecule has 13 nitrogen and oxygen atoms in total. The van der Waals surface area contributed by atoms with Crippen LogP contribution in [0.15, 0.2) is 0 Å². The summed E-state index contributed by atoms with van der Waals surface area (Å²) in [4.78, 5) is 70.6. The van der Waals surface area contributed by atoms with E-state index >= 15 is 0 Å². The monoisotopic (exact) mass is 480 g/mol. The largest absolute Gasteiger partial charge is 0.480 e. The number of hydrogen-bond acceptors (Lipinski definition) is 9. The van der Waals surface area contributed by atoms with Crippen LogP contribution in [0.1, 0.15) is 19.3 Å². The summed E-state index contributed by atoms with van der Waals surface area (Å²) in [6, 6.07) is -5.28. The highest BCUT2D eigenvalue weighted by Crippen LogP contribution is 2.04. The first-order valence-electron chi connectivity index (χ1n) is 8.98. The van der Waals surface area contributed by atoms with Crippen molar-refractivity contribution < 1.29 is 33.9 Å². The number of carboxylic acid groups (broad SMARTS) is 1. The normalized spacial score (nSPS) is 14.4. The van der Waals surface area contributed by atoms with Gasteiger partial charge in [-0.3, -0.25) is 24.0 Å². The first kappa shape index (κ1) is 28.5. The summed E-state index contributed by atoms with van der Waals surface area (Å²) in [6.07, 6.45) is 0.804. The standard InChI is InChI=1S/C16H28N6O7S2/c1-31-3-2-8(14(26)22-10(6-30)16(28)29)20-15(27)9(5-12(19)24)21-13(25)7(17)4-11(18)23/h7-10,30H,2-6,17H2,1H3,(H2,18,23)(H2,19,24)(H,20,27)(H,21,25)(H,22,26)(H,28,29). The zero-order valence-electron chi connectivity index (χ0n) is 16.8. The van der Waals surface area contributed by atoms with Crippen molar-refractivity contribution in [3.05, 3.63) is 0 Å². The maximum atomic E-state index is 12.6. The molecule has 0 radical (unpaired) electrons. The number of nitrogens with one attached hydrogen (secondary N) is 3. The predicted molar refractivity (Wildman–Crippen MR) is 116 cm³/mol. The molecule has 0 saturated carbocycles. The van der Waals surface area contributed by atoms with Gasteiger partial charge in [-0.15, -0.1) is 0 Å².